The lowest BCUT2D eigenvalue weighted by Crippen LogP contribution is -2.17. The molecule has 1 fully saturated rings. The summed E-state index contributed by atoms with van der Waals surface area (Å²) in [4.78, 5) is 4.37. The van der Waals surface area contributed by atoms with E-state index in [-0.39, 0.29) is 0 Å². The number of nitrogens with one attached hydrogen (secondary N) is 1. The van der Waals surface area contributed by atoms with E-state index in [0.29, 0.717) is 6.04 Å². The van der Waals surface area contributed by atoms with Crippen molar-refractivity contribution < 1.29 is 0 Å². The highest BCUT2D eigenvalue weighted by molar-refractivity contribution is 5.66. The standard InChI is InChI=1S/C12H16N4/c1-9(8-10-2-3-10)15-12-11-4-5-14-16(11)7-6-13-12/h4-7,9-10H,2-3,8H2,1H3,(H,13,15). The van der Waals surface area contributed by atoms with Gasteiger partial charge in [0.15, 0.2) is 5.82 Å². The normalized spacial score (nSPS) is 17.6. The van der Waals surface area contributed by atoms with Gasteiger partial charge < -0.3 is 5.32 Å². The molecule has 1 saturated carbocycles. The summed E-state index contributed by atoms with van der Waals surface area (Å²) in [5, 5.41) is 7.67. The summed E-state index contributed by atoms with van der Waals surface area (Å²) >= 11 is 0. The summed E-state index contributed by atoms with van der Waals surface area (Å²) in [6.45, 7) is 2.22. The maximum absolute atomic E-state index is 4.37. The number of anilines is 1. The van der Waals surface area contributed by atoms with Crippen LogP contribution in [0.2, 0.25) is 0 Å². The molecule has 1 aliphatic carbocycles. The number of aromatic nitrogens is 3. The zero-order valence-corrected chi connectivity index (χ0v) is 9.43. The molecule has 0 spiro atoms. The van der Waals surface area contributed by atoms with Crippen LogP contribution in [0.4, 0.5) is 5.82 Å². The number of fused-ring (bicyclic) bond motifs is 1. The molecule has 0 saturated heterocycles. The van der Waals surface area contributed by atoms with E-state index in [0.717, 1.165) is 17.3 Å². The van der Waals surface area contributed by atoms with Crippen LogP contribution in [0.1, 0.15) is 26.2 Å². The molecule has 4 heteroatoms. The van der Waals surface area contributed by atoms with Gasteiger partial charge in [-0.05, 0) is 25.3 Å². The van der Waals surface area contributed by atoms with Gasteiger partial charge in [-0.15, -0.1) is 0 Å². The Bertz CT molecular complexity index is 486. The van der Waals surface area contributed by atoms with Crippen molar-refractivity contribution in [3.8, 4) is 0 Å². The van der Waals surface area contributed by atoms with Crippen molar-refractivity contribution in [3.05, 3.63) is 24.7 Å². The Morgan fingerprint density at radius 1 is 1.50 bits per heavy atom. The lowest BCUT2D eigenvalue weighted by Gasteiger charge is -2.14. The molecule has 16 heavy (non-hydrogen) atoms. The Morgan fingerprint density at radius 2 is 2.38 bits per heavy atom. The first-order chi connectivity index (χ1) is 7.83. The zero-order valence-electron chi connectivity index (χ0n) is 9.43. The van der Waals surface area contributed by atoms with Gasteiger partial charge in [-0.2, -0.15) is 5.10 Å². The molecule has 1 aliphatic rings. The number of hydrogen-bond donors (Lipinski definition) is 1. The van der Waals surface area contributed by atoms with E-state index >= 15 is 0 Å². The molecular weight excluding hydrogens is 200 g/mol. The van der Waals surface area contributed by atoms with Crippen LogP contribution in [0.15, 0.2) is 24.7 Å². The van der Waals surface area contributed by atoms with Crippen LogP contribution in [0, 0.1) is 5.92 Å². The number of hydrogen-bond acceptors (Lipinski definition) is 3. The Morgan fingerprint density at radius 3 is 3.19 bits per heavy atom. The molecule has 3 rings (SSSR count). The SMILES string of the molecule is CC(CC1CC1)Nc1nccn2nccc12. The molecule has 0 aromatic carbocycles. The highest BCUT2D eigenvalue weighted by atomic mass is 15.2. The molecule has 0 aliphatic heterocycles. The average molecular weight is 216 g/mol. The first-order valence-electron chi connectivity index (χ1n) is 5.88. The fourth-order valence-electron chi connectivity index (χ4n) is 2.11. The Kier molecular flexibility index (Phi) is 2.27. The Hall–Kier alpha value is -1.58. The maximum Gasteiger partial charge on any atom is 0.152 e. The van der Waals surface area contributed by atoms with Gasteiger partial charge >= 0.3 is 0 Å². The van der Waals surface area contributed by atoms with Crippen LogP contribution >= 0.6 is 0 Å². The molecule has 0 radical (unpaired) electrons. The lowest BCUT2D eigenvalue weighted by molar-refractivity contribution is 0.640. The van der Waals surface area contributed by atoms with E-state index in [4.69, 9.17) is 0 Å². The summed E-state index contributed by atoms with van der Waals surface area (Å²) in [7, 11) is 0. The third kappa shape index (κ3) is 1.87. The van der Waals surface area contributed by atoms with Crippen LogP contribution in [0.3, 0.4) is 0 Å². The molecule has 0 bridgehead atoms. The van der Waals surface area contributed by atoms with Gasteiger partial charge in [0.25, 0.3) is 0 Å². The fraction of sp³-hybridized carbons (Fsp3) is 0.500. The topological polar surface area (TPSA) is 42.2 Å². The van der Waals surface area contributed by atoms with Gasteiger partial charge in [0.05, 0.1) is 6.20 Å². The molecule has 4 nitrogen and oxygen atoms in total. The van der Waals surface area contributed by atoms with Crippen LogP contribution in [0.5, 0.6) is 0 Å². The molecule has 1 unspecified atom stereocenters. The minimum Gasteiger partial charge on any atom is -0.366 e. The summed E-state index contributed by atoms with van der Waals surface area (Å²) in [6, 6.07) is 2.47. The van der Waals surface area contributed by atoms with Crippen molar-refractivity contribution in [2.24, 2.45) is 5.92 Å². The van der Waals surface area contributed by atoms with Gasteiger partial charge in [0.2, 0.25) is 0 Å². The van der Waals surface area contributed by atoms with Crippen LogP contribution in [0.25, 0.3) is 5.52 Å². The molecule has 1 N–H and O–H groups in total. The zero-order chi connectivity index (χ0) is 11.0. The second kappa shape index (κ2) is 3.77. The van der Waals surface area contributed by atoms with E-state index < -0.39 is 0 Å². The molecule has 2 aromatic heterocycles. The minimum absolute atomic E-state index is 0.487. The van der Waals surface area contributed by atoms with Crippen LogP contribution < -0.4 is 5.32 Å². The summed E-state index contributed by atoms with van der Waals surface area (Å²) in [6.07, 6.45) is 9.50. The molecule has 2 aromatic rings. The first-order valence-corrected chi connectivity index (χ1v) is 5.88. The van der Waals surface area contributed by atoms with Crippen molar-refractivity contribution in [2.75, 3.05) is 5.32 Å². The van der Waals surface area contributed by atoms with Gasteiger partial charge in [-0.25, -0.2) is 9.50 Å². The predicted molar refractivity (Wildman–Crippen MR) is 63.4 cm³/mol. The predicted octanol–water partition coefficient (Wildman–Crippen LogP) is 2.33. The van der Waals surface area contributed by atoms with Gasteiger partial charge in [-0.1, -0.05) is 12.8 Å². The highest BCUT2D eigenvalue weighted by Gasteiger charge is 2.23. The lowest BCUT2D eigenvalue weighted by atomic mass is 10.1. The number of nitrogens with zero attached hydrogens (tertiary/aromatic N) is 3. The molecule has 84 valence electrons. The Labute approximate surface area is 94.7 Å². The van der Waals surface area contributed by atoms with E-state index in [1.54, 1.807) is 12.4 Å². The van der Waals surface area contributed by atoms with E-state index in [1.165, 1.54) is 19.3 Å². The smallest absolute Gasteiger partial charge is 0.152 e. The second-order valence-corrected chi connectivity index (χ2v) is 4.66. The third-order valence-electron chi connectivity index (χ3n) is 3.09. The fourth-order valence-corrected chi connectivity index (χ4v) is 2.11. The third-order valence-corrected chi connectivity index (χ3v) is 3.09. The molecule has 2 heterocycles. The average Bonchev–Trinajstić information content (AvgIpc) is 2.94. The van der Waals surface area contributed by atoms with Crippen molar-refractivity contribution in [1.82, 2.24) is 14.6 Å². The van der Waals surface area contributed by atoms with Crippen molar-refractivity contribution in [1.29, 1.82) is 0 Å². The summed E-state index contributed by atoms with van der Waals surface area (Å²) in [5.41, 5.74) is 1.05. The van der Waals surface area contributed by atoms with Crippen molar-refractivity contribution in [2.45, 2.75) is 32.2 Å². The first kappa shape index (κ1) is 9.63. The van der Waals surface area contributed by atoms with Crippen molar-refractivity contribution >= 4 is 11.3 Å². The number of rotatable bonds is 4. The summed E-state index contributed by atoms with van der Waals surface area (Å²) < 4.78 is 1.85. The van der Waals surface area contributed by atoms with Gasteiger partial charge in [-0.3, -0.25) is 0 Å². The quantitative estimate of drug-likeness (QED) is 0.853. The van der Waals surface area contributed by atoms with E-state index in [1.807, 2.05) is 16.8 Å². The monoisotopic (exact) mass is 216 g/mol. The van der Waals surface area contributed by atoms with E-state index in [9.17, 15) is 0 Å². The molecule has 1 atom stereocenters. The van der Waals surface area contributed by atoms with Crippen LogP contribution in [-0.2, 0) is 0 Å². The highest BCUT2D eigenvalue weighted by Crippen LogP contribution is 2.34. The largest absolute Gasteiger partial charge is 0.366 e. The molecule has 0 amide bonds. The maximum atomic E-state index is 4.37. The molecular formula is C12H16N4. The summed E-state index contributed by atoms with van der Waals surface area (Å²) in [5.74, 6) is 1.88. The van der Waals surface area contributed by atoms with E-state index in [2.05, 4.69) is 22.3 Å². The minimum atomic E-state index is 0.487. The van der Waals surface area contributed by atoms with Crippen molar-refractivity contribution in [3.63, 3.8) is 0 Å². The van der Waals surface area contributed by atoms with Gasteiger partial charge in [0, 0.05) is 18.4 Å². The van der Waals surface area contributed by atoms with Crippen LogP contribution in [-0.4, -0.2) is 20.6 Å². The Balaban J connectivity index is 1.79. The second-order valence-electron chi connectivity index (χ2n) is 4.66. The van der Waals surface area contributed by atoms with Gasteiger partial charge in [0.1, 0.15) is 5.52 Å².